The summed E-state index contributed by atoms with van der Waals surface area (Å²) in [6, 6.07) is 10.4. The van der Waals surface area contributed by atoms with Crippen molar-refractivity contribution >= 4 is 43.9 Å². The Hall–Kier alpha value is -2.98. The number of anilines is 4. The van der Waals surface area contributed by atoms with Gasteiger partial charge in [0.15, 0.2) is 15.7 Å². The van der Waals surface area contributed by atoms with Crippen LogP contribution in [-0.4, -0.2) is 86.1 Å². The van der Waals surface area contributed by atoms with Crippen LogP contribution in [0.5, 0.6) is 0 Å². The third-order valence-corrected chi connectivity index (χ3v) is 9.94. The molecule has 0 unspecified atom stereocenters. The Morgan fingerprint density at radius 1 is 0.914 bits per heavy atom. The highest BCUT2D eigenvalue weighted by atomic mass is 32.2. The number of likely N-dealkylation sites (tertiary alicyclic amines) is 1. The highest BCUT2D eigenvalue weighted by molar-refractivity contribution is 7.92. The van der Waals surface area contributed by atoms with Crippen LogP contribution >= 0.6 is 0 Å². The van der Waals surface area contributed by atoms with Crippen LogP contribution in [0.3, 0.4) is 0 Å². The molecule has 4 fully saturated rings. The summed E-state index contributed by atoms with van der Waals surface area (Å²) in [6.45, 7) is 8.06. The van der Waals surface area contributed by atoms with Crippen molar-refractivity contribution in [3.05, 3.63) is 42.2 Å². The molecule has 10 heteroatoms. The van der Waals surface area contributed by atoms with Gasteiger partial charge in [0.25, 0.3) is 0 Å². The summed E-state index contributed by atoms with van der Waals surface area (Å²) in [7, 11) is -0.663. The van der Waals surface area contributed by atoms with Gasteiger partial charge in [-0.25, -0.2) is 23.4 Å². The Bertz CT molecular complexity index is 1420. The standard InChI is InChI=1S/C25H29N7O2S/c1-17-7-18-8-26-23(29-21(18)22(27-17)32-13-25(14-32)15-35(33,34)16-25)28-19-3-5-20(6-4-19)31-11-24(12-31)9-30(2)10-24/h3-8H,9-16H2,1-2H3,(H,26,28,29). The molecule has 7 rings (SSSR count). The number of nitrogens with zero attached hydrogens (tertiary/aromatic N) is 6. The molecule has 6 heterocycles. The Morgan fingerprint density at radius 2 is 1.60 bits per heavy atom. The minimum absolute atomic E-state index is 0.100. The lowest BCUT2D eigenvalue weighted by molar-refractivity contribution is -0.00238. The minimum Gasteiger partial charge on any atom is -0.370 e. The van der Waals surface area contributed by atoms with Crippen LogP contribution in [-0.2, 0) is 9.84 Å². The maximum absolute atomic E-state index is 11.7. The van der Waals surface area contributed by atoms with Gasteiger partial charge < -0.3 is 20.0 Å². The molecule has 4 aliphatic rings. The van der Waals surface area contributed by atoms with Gasteiger partial charge >= 0.3 is 0 Å². The van der Waals surface area contributed by atoms with Crippen molar-refractivity contribution in [3.63, 3.8) is 0 Å². The first-order valence-corrected chi connectivity index (χ1v) is 13.9. The van der Waals surface area contributed by atoms with E-state index in [2.05, 4.69) is 56.3 Å². The fourth-order valence-electron chi connectivity index (χ4n) is 6.55. The number of sulfone groups is 1. The maximum Gasteiger partial charge on any atom is 0.227 e. The van der Waals surface area contributed by atoms with Crippen molar-refractivity contribution in [2.45, 2.75) is 6.92 Å². The van der Waals surface area contributed by atoms with Crippen LogP contribution in [0.4, 0.5) is 23.1 Å². The molecular weight excluding hydrogens is 462 g/mol. The molecule has 182 valence electrons. The summed E-state index contributed by atoms with van der Waals surface area (Å²) < 4.78 is 23.4. The number of aromatic nitrogens is 3. The van der Waals surface area contributed by atoms with E-state index < -0.39 is 9.84 Å². The summed E-state index contributed by atoms with van der Waals surface area (Å²) in [6.07, 6.45) is 1.83. The summed E-state index contributed by atoms with van der Waals surface area (Å²) >= 11 is 0. The Labute approximate surface area is 205 Å². The highest BCUT2D eigenvalue weighted by Gasteiger charge is 2.56. The van der Waals surface area contributed by atoms with Crippen LogP contribution in [0, 0.1) is 17.8 Å². The lowest BCUT2D eigenvalue weighted by Gasteiger charge is -2.60. The van der Waals surface area contributed by atoms with Gasteiger partial charge in [-0.05, 0) is 44.3 Å². The summed E-state index contributed by atoms with van der Waals surface area (Å²) in [4.78, 5) is 21.1. The molecule has 0 atom stereocenters. The number of rotatable bonds is 4. The van der Waals surface area contributed by atoms with E-state index in [1.165, 1.54) is 18.8 Å². The van der Waals surface area contributed by atoms with Gasteiger partial charge in [-0.2, -0.15) is 0 Å². The van der Waals surface area contributed by atoms with Gasteiger partial charge in [-0.3, -0.25) is 0 Å². The van der Waals surface area contributed by atoms with E-state index in [1.807, 2.05) is 19.2 Å². The molecule has 9 nitrogen and oxygen atoms in total. The Kier molecular flexibility index (Phi) is 4.29. The van der Waals surface area contributed by atoms with E-state index in [0.29, 0.717) is 24.5 Å². The van der Waals surface area contributed by atoms with E-state index in [0.717, 1.165) is 41.2 Å². The molecular formula is C25H29N7O2S. The van der Waals surface area contributed by atoms with Gasteiger partial charge in [0.05, 0.1) is 11.5 Å². The predicted molar refractivity (Wildman–Crippen MR) is 137 cm³/mol. The summed E-state index contributed by atoms with van der Waals surface area (Å²) in [5.74, 6) is 1.91. The third kappa shape index (κ3) is 3.53. The molecule has 4 saturated heterocycles. The topological polar surface area (TPSA) is 94.6 Å². The second kappa shape index (κ2) is 7.04. The Morgan fingerprint density at radius 3 is 2.26 bits per heavy atom. The zero-order chi connectivity index (χ0) is 24.0. The van der Waals surface area contributed by atoms with Crippen molar-refractivity contribution < 1.29 is 8.42 Å². The zero-order valence-electron chi connectivity index (χ0n) is 20.0. The summed E-state index contributed by atoms with van der Waals surface area (Å²) in [5.41, 5.74) is 4.29. The van der Waals surface area contributed by atoms with Crippen LogP contribution in [0.15, 0.2) is 36.5 Å². The molecule has 1 aromatic carbocycles. The first-order valence-electron chi connectivity index (χ1n) is 12.1. The molecule has 0 bridgehead atoms. The molecule has 3 aromatic rings. The van der Waals surface area contributed by atoms with Crippen molar-refractivity contribution in [1.82, 2.24) is 19.9 Å². The van der Waals surface area contributed by atoms with E-state index in [1.54, 1.807) is 0 Å². The van der Waals surface area contributed by atoms with E-state index in [9.17, 15) is 8.42 Å². The summed E-state index contributed by atoms with van der Waals surface area (Å²) in [5, 5.41) is 4.27. The molecule has 0 amide bonds. The second-order valence-electron chi connectivity index (χ2n) is 11.3. The number of fused-ring (bicyclic) bond motifs is 1. The molecule has 35 heavy (non-hydrogen) atoms. The van der Waals surface area contributed by atoms with Crippen LogP contribution in [0.2, 0.25) is 0 Å². The van der Waals surface area contributed by atoms with Crippen molar-refractivity contribution in [2.24, 2.45) is 10.8 Å². The van der Waals surface area contributed by atoms with Gasteiger partial charge in [0.2, 0.25) is 5.95 Å². The average molecular weight is 492 g/mol. The smallest absolute Gasteiger partial charge is 0.227 e. The number of aryl methyl sites for hydroxylation is 1. The van der Waals surface area contributed by atoms with Crippen LogP contribution in [0.25, 0.3) is 10.9 Å². The first kappa shape index (κ1) is 21.3. The second-order valence-corrected chi connectivity index (χ2v) is 13.4. The van der Waals surface area contributed by atoms with Crippen molar-refractivity contribution in [3.8, 4) is 0 Å². The van der Waals surface area contributed by atoms with Crippen LogP contribution < -0.4 is 15.1 Å². The predicted octanol–water partition coefficient (Wildman–Crippen LogP) is 2.06. The average Bonchev–Trinajstić information content (AvgIpc) is 2.72. The van der Waals surface area contributed by atoms with E-state index in [-0.39, 0.29) is 16.9 Å². The SMILES string of the molecule is Cc1cc2cnc(Nc3ccc(N4CC5(CN(C)C5)C4)cc3)nc2c(N2CC3(C2)CS(=O)(=O)C3)n1. The molecule has 2 spiro atoms. The lowest BCUT2D eigenvalue weighted by Crippen LogP contribution is -2.71. The third-order valence-electron chi connectivity index (χ3n) is 7.83. The quantitative estimate of drug-likeness (QED) is 0.588. The van der Waals surface area contributed by atoms with Crippen molar-refractivity contribution in [1.29, 1.82) is 0 Å². The minimum atomic E-state index is -2.85. The number of hydrogen-bond donors (Lipinski definition) is 1. The highest BCUT2D eigenvalue weighted by Crippen LogP contribution is 2.44. The van der Waals surface area contributed by atoms with Gasteiger partial charge in [-0.1, -0.05) is 0 Å². The van der Waals surface area contributed by atoms with E-state index in [4.69, 9.17) is 9.97 Å². The number of benzene rings is 1. The number of hydrogen-bond acceptors (Lipinski definition) is 9. The molecule has 0 radical (unpaired) electrons. The van der Waals surface area contributed by atoms with Gasteiger partial charge in [-0.15, -0.1) is 0 Å². The van der Waals surface area contributed by atoms with Crippen molar-refractivity contribution in [2.75, 3.05) is 72.9 Å². The number of pyridine rings is 1. The zero-order valence-corrected chi connectivity index (χ0v) is 20.8. The Balaban J connectivity index is 1.08. The monoisotopic (exact) mass is 491 g/mol. The van der Waals surface area contributed by atoms with Gasteiger partial charge in [0.1, 0.15) is 5.52 Å². The van der Waals surface area contributed by atoms with Crippen LogP contribution in [0.1, 0.15) is 5.69 Å². The molecule has 1 N–H and O–H groups in total. The fraction of sp³-hybridized carbons (Fsp3) is 0.480. The molecule has 4 aliphatic heterocycles. The van der Waals surface area contributed by atoms with Gasteiger partial charge in [0, 0.05) is 78.8 Å². The fourth-order valence-corrected chi connectivity index (χ4v) is 8.70. The molecule has 0 saturated carbocycles. The normalized spacial score (nSPS) is 23.5. The molecule has 0 aliphatic carbocycles. The molecule has 2 aromatic heterocycles. The largest absolute Gasteiger partial charge is 0.370 e. The maximum atomic E-state index is 11.7. The lowest BCUT2D eigenvalue weighted by atomic mass is 9.73. The number of nitrogens with one attached hydrogen (secondary N) is 1. The van der Waals surface area contributed by atoms with E-state index >= 15 is 0 Å². The first-order chi connectivity index (χ1) is 16.7.